The van der Waals surface area contributed by atoms with Gasteiger partial charge in [-0.25, -0.2) is 9.97 Å². The number of rotatable bonds is 7. The fourth-order valence-corrected chi connectivity index (χ4v) is 2.90. The number of methoxy groups -OCH3 is 2. The van der Waals surface area contributed by atoms with E-state index in [2.05, 4.69) is 9.97 Å². The standard InChI is InChI=1S/C14H14Cl2N2O5S/c1-21-13(22-2)12-5-6-17-14(18-12)24(19,20)23-8-9-3-4-10(15)11(16)7-9/h3-7,13H,8H2,1-2H3. The molecule has 2 aromatic rings. The van der Waals surface area contributed by atoms with Gasteiger partial charge >= 0.3 is 10.1 Å². The first-order valence-electron chi connectivity index (χ1n) is 6.59. The van der Waals surface area contributed by atoms with Crippen LogP contribution in [0.4, 0.5) is 0 Å². The van der Waals surface area contributed by atoms with Gasteiger partial charge in [0.05, 0.1) is 16.7 Å². The zero-order valence-electron chi connectivity index (χ0n) is 12.8. The summed E-state index contributed by atoms with van der Waals surface area (Å²) in [5.41, 5.74) is 0.794. The zero-order chi connectivity index (χ0) is 17.7. The number of hydrogen-bond donors (Lipinski definition) is 0. The van der Waals surface area contributed by atoms with Gasteiger partial charge in [0, 0.05) is 20.4 Å². The fraction of sp³-hybridized carbons (Fsp3) is 0.286. The Hall–Kier alpha value is -1.29. The molecule has 0 fully saturated rings. The molecule has 0 aliphatic rings. The molecule has 0 aliphatic heterocycles. The SMILES string of the molecule is COC(OC)c1ccnc(S(=O)(=O)OCc2ccc(Cl)c(Cl)c2)n1. The van der Waals surface area contributed by atoms with Crippen molar-refractivity contribution in [2.75, 3.05) is 14.2 Å². The molecule has 0 radical (unpaired) electrons. The lowest BCUT2D eigenvalue weighted by Crippen LogP contribution is -2.14. The maximum atomic E-state index is 12.2. The molecule has 0 unspecified atom stereocenters. The van der Waals surface area contributed by atoms with Gasteiger partial charge in [-0.05, 0) is 23.8 Å². The summed E-state index contributed by atoms with van der Waals surface area (Å²) in [6.45, 7) is -0.231. The van der Waals surface area contributed by atoms with Crippen molar-refractivity contribution in [1.82, 2.24) is 9.97 Å². The normalized spacial score (nSPS) is 11.9. The van der Waals surface area contributed by atoms with Crippen LogP contribution in [0.25, 0.3) is 0 Å². The molecule has 24 heavy (non-hydrogen) atoms. The minimum atomic E-state index is -4.16. The largest absolute Gasteiger partial charge is 0.350 e. The molecule has 0 spiro atoms. The quantitative estimate of drug-likeness (QED) is 0.406. The number of benzene rings is 1. The highest BCUT2D eigenvalue weighted by Crippen LogP contribution is 2.23. The maximum Gasteiger partial charge on any atom is 0.333 e. The summed E-state index contributed by atoms with van der Waals surface area (Å²) in [4.78, 5) is 7.63. The van der Waals surface area contributed by atoms with E-state index in [4.69, 9.17) is 36.9 Å². The molecule has 0 bridgehead atoms. The lowest BCUT2D eigenvalue weighted by molar-refractivity contribution is -0.109. The van der Waals surface area contributed by atoms with Crippen LogP contribution in [0.2, 0.25) is 10.0 Å². The number of halogens is 2. The monoisotopic (exact) mass is 392 g/mol. The predicted octanol–water partition coefficient (Wildman–Crippen LogP) is 2.98. The third kappa shape index (κ3) is 4.62. The molecule has 0 atom stereocenters. The first kappa shape index (κ1) is 19.0. The Balaban J connectivity index is 2.18. The molecule has 0 amide bonds. The van der Waals surface area contributed by atoms with Crippen molar-refractivity contribution in [2.45, 2.75) is 18.1 Å². The average molecular weight is 393 g/mol. The van der Waals surface area contributed by atoms with Crippen LogP contribution < -0.4 is 0 Å². The molecule has 0 aliphatic carbocycles. The summed E-state index contributed by atoms with van der Waals surface area (Å²) in [5, 5.41) is 0.181. The third-order valence-electron chi connectivity index (χ3n) is 2.91. The maximum absolute atomic E-state index is 12.2. The summed E-state index contributed by atoms with van der Waals surface area (Å²) < 4.78 is 39.5. The lowest BCUT2D eigenvalue weighted by Gasteiger charge is -2.13. The van der Waals surface area contributed by atoms with Crippen LogP contribution in [-0.4, -0.2) is 32.6 Å². The van der Waals surface area contributed by atoms with Crippen LogP contribution in [0.5, 0.6) is 0 Å². The van der Waals surface area contributed by atoms with E-state index in [1.165, 1.54) is 32.5 Å². The lowest BCUT2D eigenvalue weighted by atomic mass is 10.2. The third-order valence-corrected chi connectivity index (χ3v) is 4.72. The first-order chi connectivity index (χ1) is 11.4. The molecule has 0 saturated carbocycles. The molecule has 130 valence electrons. The fourth-order valence-electron chi connectivity index (χ4n) is 1.77. The Morgan fingerprint density at radius 3 is 2.46 bits per heavy atom. The summed E-state index contributed by atoms with van der Waals surface area (Å²) in [5.74, 6) is 0. The average Bonchev–Trinajstić information content (AvgIpc) is 2.57. The van der Waals surface area contributed by atoms with Crippen molar-refractivity contribution < 1.29 is 22.1 Å². The summed E-state index contributed by atoms with van der Waals surface area (Å²) in [7, 11) is -1.35. The smallest absolute Gasteiger partial charge is 0.333 e. The van der Waals surface area contributed by atoms with Gasteiger partial charge in [0.1, 0.15) is 5.69 Å². The minimum absolute atomic E-state index is 0.231. The van der Waals surface area contributed by atoms with Crippen molar-refractivity contribution in [1.29, 1.82) is 0 Å². The van der Waals surface area contributed by atoms with Gasteiger partial charge in [-0.2, -0.15) is 8.42 Å². The molecule has 2 rings (SSSR count). The van der Waals surface area contributed by atoms with Crippen LogP contribution in [-0.2, 0) is 30.4 Å². The number of nitrogens with zero attached hydrogens (tertiary/aromatic N) is 2. The zero-order valence-corrected chi connectivity index (χ0v) is 15.1. The second kappa shape index (κ2) is 8.19. The van der Waals surface area contributed by atoms with Crippen LogP contribution in [0.3, 0.4) is 0 Å². The van der Waals surface area contributed by atoms with Crippen molar-refractivity contribution in [2.24, 2.45) is 0 Å². The second-order valence-corrected chi connectivity index (χ2v) is 6.86. The van der Waals surface area contributed by atoms with Gasteiger partial charge in [-0.15, -0.1) is 0 Å². The molecule has 10 heteroatoms. The molecule has 1 aromatic heterocycles. The summed E-state index contributed by atoms with van der Waals surface area (Å²) in [6.07, 6.45) is 0.472. The first-order valence-corrected chi connectivity index (χ1v) is 8.75. The van der Waals surface area contributed by atoms with E-state index in [-0.39, 0.29) is 12.3 Å². The molecule has 0 N–H and O–H groups in total. The van der Waals surface area contributed by atoms with Gasteiger partial charge in [0.25, 0.3) is 5.16 Å². The van der Waals surface area contributed by atoms with Crippen molar-refractivity contribution in [3.8, 4) is 0 Å². The Morgan fingerprint density at radius 2 is 1.83 bits per heavy atom. The van der Waals surface area contributed by atoms with Crippen molar-refractivity contribution >= 4 is 33.3 Å². The van der Waals surface area contributed by atoms with Crippen LogP contribution >= 0.6 is 23.2 Å². The van der Waals surface area contributed by atoms with Gasteiger partial charge < -0.3 is 9.47 Å². The molecular weight excluding hydrogens is 379 g/mol. The topological polar surface area (TPSA) is 87.6 Å². The number of hydrogen-bond acceptors (Lipinski definition) is 7. The van der Waals surface area contributed by atoms with E-state index < -0.39 is 21.6 Å². The van der Waals surface area contributed by atoms with E-state index in [0.29, 0.717) is 15.6 Å². The van der Waals surface area contributed by atoms with Crippen LogP contribution in [0.15, 0.2) is 35.6 Å². The van der Waals surface area contributed by atoms with Crippen LogP contribution in [0, 0.1) is 0 Å². The van der Waals surface area contributed by atoms with Crippen LogP contribution in [0.1, 0.15) is 17.5 Å². The highest BCUT2D eigenvalue weighted by molar-refractivity contribution is 7.86. The summed E-state index contributed by atoms with van der Waals surface area (Å²) in [6, 6.07) is 6.15. The molecule has 1 heterocycles. The van der Waals surface area contributed by atoms with E-state index >= 15 is 0 Å². The van der Waals surface area contributed by atoms with Gasteiger partial charge in [-0.3, -0.25) is 4.18 Å². The minimum Gasteiger partial charge on any atom is -0.350 e. The van der Waals surface area contributed by atoms with E-state index in [0.717, 1.165) is 0 Å². The molecule has 7 nitrogen and oxygen atoms in total. The van der Waals surface area contributed by atoms with E-state index in [1.807, 2.05) is 0 Å². The Morgan fingerprint density at radius 1 is 1.12 bits per heavy atom. The Kier molecular flexibility index (Phi) is 6.50. The Labute approximate surface area is 149 Å². The summed E-state index contributed by atoms with van der Waals surface area (Å²) >= 11 is 11.7. The molecular formula is C14H14Cl2N2O5S. The molecule has 0 saturated heterocycles. The van der Waals surface area contributed by atoms with Gasteiger partial charge in [-0.1, -0.05) is 29.3 Å². The van der Waals surface area contributed by atoms with E-state index in [1.54, 1.807) is 12.1 Å². The number of ether oxygens (including phenoxy) is 2. The Bertz CT molecular complexity index is 813. The predicted molar refractivity (Wildman–Crippen MR) is 87.2 cm³/mol. The highest BCUT2D eigenvalue weighted by atomic mass is 35.5. The number of aromatic nitrogens is 2. The molecule has 1 aromatic carbocycles. The van der Waals surface area contributed by atoms with Gasteiger partial charge in [0.15, 0.2) is 0 Å². The van der Waals surface area contributed by atoms with E-state index in [9.17, 15) is 8.42 Å². The van der Waals surface area contributed by atoms with Gasteiger partial charge in [0.2, 0.25) is 6.29 Å². The van der Waals surface area contributed by atoms with Crippen molar-refractivity contribution in [3.63, 3.8) is 0 Å². The van der Waals surface area contributed by atoms with Crippen molar-refractivity contribution in [3.05, 3.63) is 51.8 Å². The second-order valence-electron chi connectivity index (χ2n) is 4.53. The highest BCUT2D eigenvalue weighted by Gasteiger charge is 2.22.